The number of nitrogen functional groups attached to an aromatic ring is 1. The van der Waals surface area contributed by atoms with Crippen molar-refractivity contribution < 1.29 is 13.0 Å². The van der Waals surface area contributed by atoms with Crippen LogP contribution in [-0.2, 0) is 10.1 Å². The van der Waals surface area contributed by atoms with Gasteiger partial charge in [-0.1, -0.05) is 6.07 Å². The first-order valence-corrected chi connectivity index (χ1v) is 7.99. The molecule has 22 heavy (non-hydrogen) atoms. The van der Waals surface area contributed by atoms with Crippen molar-refractivity contribution >= 4 is 15.8 Å². The molecule has 0 atom stereocenters. The first kappa shape index (κ1) is 16.2. The molecule has 1 heterocycles. The first-order valence-electron chi connectivity index (χ1n) is 6.55. The highest BCUT2D eigenvalue weighted by molar-refractivity contribution is 7.86. The zero-order valence-electron chi connectivity index (χ0n) is 12.8. The Morgan fingerprint density at radius 3 is 2.41 bits per heavy atom. The van der Waals surface area contributed by atoms with Crippen LogP contribution in [0.3, 0.4) is 0 Å². The topological polar surface area (TPSA) is 111 Å². The van der Waals surface area contributed by atoms with Gasteiger partial charge in [-0.25, -0.2) is 14.7 Å². The van der Waals surface area contributed by atoms with Crippen molar-refractivity contribution in [3.63, 3.8) is 0 Å². The van der Waals surface area contributed by atoms with Crippen LogP contribution in [0, 0.1) is 27.7 Å². The van der Waals surface area contributed by atoms with Crippen molar-refractivity contribution in [1.82, 2.24) is 9.66 Å². The van der Waals surface area contributed by atoms with Crippen LogP contribution in [0.2, 0.25) is 0 Å². The molecule has 0 unspecified atom stereocenters. The number of aryl methyl sites for hydroxylation is 4. The van der Waals surface area contributed by atoms with Gasteiger partial charge in [-0.2, -0.15) is 8.42 Å². The average Bonchev–Trinajstić information content (AvgIpc) is 2.32. The number of benzene rings is 1. The summed E-state index contributed by atoms with van der Waals surface area (Å²) in [5.74, 6) is 5.88. The van der Waals surface area contributed by atoms with E-state index in [-0.39, 0.29) is 16.2 Å². The summed E-state index contributed by atoms with van der Waals surface area (Å²) in [5.41, 5.74) is 2.93. The van der Waals surface area contributed by atoms with E-state index in [1.165, 1.54) is 4.68 Å². The normalized spacial score (nSPS) is 12.7. The third-order valence-electron chi connectivity index (χ3n) is 3.17. The lowest BCUT2D eigenvalue weighted by Gasteiger charge is -2.09. The Hall–Kier alpha value is -2.19. The summed E-state index contributed by atoms with van der Waals surface area (Å²) < 4.78 is 34.0. The molecule has 0 aliphatic heterocycles. The lowest BCUT2D eigenvalue weighted by atomic mass is 10.1. The Bertz CT molecular complexity index is 914. The fourth-order valence-corrected chi connectivity index (χ4v) is 3.15. The van der Waals surface area contributed by atoms with Gasteiger partial charge < -0.3 is 5.84 Å². The third kappa shape index (κ3) is 3.18. The molecular formula is C14H18N4O3S. The zero-order valence-corrected chi connectivity index (χ0v) is 13.6. The molecule has 118 valence electrons. The van der Waals surface area contributed by atoms with Crippen molar-refractivity contribution in [3.8, 4) is 0 Å². The van der Waals surface area contributed by atoms with E-state index in [0.29, 0.717) is 11.3 Å². The van der Waals surface area contributed by atoms with Crippen LogP contribution in [0.1, 0.15) is 22.5 Å². The molecule has 7 nitrogen and oxygen atoms in total. The molecular weight excluding hydrogens is 304 g/mol. The van der Waals surface area contributed by atoms with Crippen LogP contribution < -0.4 is 11.5 Å². The molecule has 1 aromatic heterocycles. The van der Waals surface area contributed by atoms with E-state index in [2.05, 4.69) is 9.98 Å². The molecule has 0 saturated carbocycles. The number of aromatic nitrogens is 2. The van der Waals surface area contributed by atoms with E-state index < -0.39 is 10.1 Å². The Morgan fingerprint density at radius 1 is 1.18 bits per heavy atom. The maximum atomic E-state index is 11.6. The van der Waals surface area contributed by atoms with E-state index >= 15 is 0 Å². The van der Waals surface area contributed by atoms with Gasteiger partial charge in [0.1, 0.15) is 4.90 Å². The molecule has 2 aromatic rings. The standard InChI is InChI=1S/C14H18N4O3S/c1-8-5-9(2)13(22(19,20)21)12(6-8)17-14-16-10(3)7-11(4)18(14)15/h5-7H,15H2,1-4H3,(H,19,20,21). The maximum Gasteiger partial charge on any atom is 0.296 e. The Labute approximate surface area is 128 Å². The quantitative estimate of drug-likeness (QED) is 0.640. The van der Waals surface area contributed by atoms with Crippen molar-refractivity contribution in [2.45, 2.75) is 32.6 Å². The highest BCUT2D eigenvalue weighted by atomic mass is 32.2. The average molecular weight is 322 g/mol. The summed E-state index contributed by atoms with van der Waals surface area (Å²) in [6.45, 7) is 6.99. The minimum Gasteiger partial charge on any atom is -0.336 e. The highest BCUT2D eigenvalue weighted by Gasteiger charge is 2.19. The zero-order chi connectivity index (χ0) is 16.7. The first-order chi connectivity index (χ1) is 10.1. The van der Waals surface area contributed by atoms with Gasteiger partial charge in [-0.3, -0.25) is 4.55 Å². The summed E-state index contributed by atoms with van der Waals surface area (Å²) in [4.78, 5) is 8.21. The van der Waals surface area contributed by atoms with Crippen LogP contribution in [0.15, 0.2) is 28.1 Å². The van der Waals surface area contributed by atoms with Gasteiger partial charge in [-0.05, 0) is 51.0 Å². The van der Waals surface area contributed by atoms with E-state index in [1.54, 1.807) is 39.0 Å². The number of hydrogen-bond acceptors (Lipinski definition) is 5. The number of rotatable bonds is 2. The van der Waals surface area contributed by atoms with Crippen LogP contribution >= 0.6 is 0 Å². The Balaban J connectivity index is 2.88. The summed E-state index contributed by atoms with van der Waals surface area (Å²) in [7, 11) is -4.41. The smallest absolute Gasteiger partial charge is 0.296 e. The summed E-state index contributed by atoms with van der Waals surface area (Å²) in [6, 6.07) is 5.01. The summed E-state index contributed by atoms with van der Waals surface area (Å²) in [6.07, 6.45) is 0. The lowest BCUT2D eigenvalue weighted by molar-refractivity contribution is 0.483. The van der Waals surface area contributed by atoms with Crippen LogP contribution in [0.5, 0.6) is 0 Å². The molecule has 0 bridgehead atoms. The van der Waals surface area contributed by atoms with Gasteiger partial charge in [0.05, 0.1) is 5.69 Å². The minimum absolute atomic E-state index is 0.108. The third-order valence-corrected chi connectivity index (χ3v) is 4.21. The van der Waals surface area contributed by atoms with Gasteiger partial charge in [0, 0.05) is 11.4 Å². The second-order valence-corrected chi connectivity index (χ2v) is 6.58. The maximum absolute atomic E-state index is 11.6. The number of nitrogens with two attached hydrogens (primary N) is 1. The van der Waals surface area contributed by atoms with Crippen LogP contribution in [0.25, 0.3) is 0 Å². The van der Waals surface area contributed by atoms with Gasteiger partial charge in [-0.15, -0.1) is 0 Å². The summed E-state index contributed by atoms with van der Waals surface area (Å²) in [5, 5.41) is 0. The molecule has 0 spiro atoms. The van der Waals surface area contributed by atoms with E-state index in [9.17, 15) is 13.0 Å². The minimum atomic E-state index is -4.41. The highest BCUT2D eigenvalue weighted by Crippen LogP contribution is 2.28. The lowest BCUT2D eigenvalue weighted by Crippen LogP contribution is -2.32. The molecule has 2 rings (SSSR count). The number of hydrogen-bond donors (Lipinski definition) is 2. The summed E-state index contributed by atoms with van der Waals surface area (Å²) >= 11 is 0. The predicted molar refractivity (Wildman–Crippen MR) is 82.8 cm³/mol. The molecule has 0 saturated heterocycles. The second kappa shape index (κ2) is 5.54. The molecule has 0 fully saturated rings. The Kier molecular flexibility index (Phi) is 4.08. The number of nitrogens with zero attached hydrogens (tertiary/aromatic N) is 3. The molecule has 0 aliphatic carbocycles. The van der Waals surface area contributed by atoms with E-state index in [1.807, 2.05) is 6.92 Å². The van der Waals surface area contributed by atoms with E-state index in [4.69, 9.17) is 5.84 Å². The van der Waals surface area contributed by atoms with Crippen molar-refractivity contribution in [1.29, 1.82) is 0 Å². The van der Waals surface area contributed by atoms with Crippen LogP contribution in [0.4, 0.5) is 5.69 Å². The fraction of sp³-hybridized carbons (Fsp3) is 0.286. The monoisotopic (exact) mass is 322 g/mol. The molecule has 0 amide bonds. The van der Waals surface area contributed by atoms with Crippen molar-refractivity contribution in [3.05, 3.63) is 46.3 Å². The molecule has 1 aromatic carbocycles. The predicted octanol–water partition coefficient (Wildman–Crippen LogP) is 1.31. The largest absolute Gasteiger partial charge is 0.336 e. The Morgan fingerprint density at radius 2 is 1.82 bits per heavy atom. The molecule has 0 aliphatic rings. The van der Waals surface area contributed by atoms with Gasteiger partial charge >= 0.3 is 0 Å². The van der Waals surface area contributed by atoms with Gasteiger partial charge in [0.25, 0.3) is 10.1 Å². The molecule has 0 radical (unpaired) electrons. The second-order valence-electron chi connectivity index (χ2n) is 5.23. The fourth-order valence-electron chi connectivity index (χ4n) is 2.31. The van der Waals surface area contributed by atoms with E-state index in [0.717, 1.165) is 11.3 Å². The van der Waals surface area contributed by atoms with Gasteiger partial charge in [0.2, 0.25) is 5.62 Å². The van der Waals surface area contributed by atoms with Crippen molar-refractivity contribution in [2.75, 3.05) is 5.84 Å². The molecule has 8 heteroatoms. The molecule has 3 N–H and O–H groups in total. The van der Waals surface area contributed by atoms with Gasteiger partial charge in [0.15, 0.2) is 0 Å². The van der Waals surface area contributed by atoms with Crippen molar-refractivity contribution in [2.24, 2.45) is 4.99 Å². The SMILES string of the molecule is Cc1cc(C)c(S(=O)(=O)O)c(N=c2nc(C)cc(C)n2N)c1. The van der Waals surface area contributed by atoms with Crippen LogP contribution in [-0.4, -0.2) is 22.6 Å².